The van der Waals surface area contributed by atoms with Gasteiger partial charge in [0.05, 0.1) is 0 Å². The summed E-state index contributed by atoms with van der Waals surface area (Å²) in [6.45, 7) is 7.25. The largest absolute Gasteiger partial charge is 0.478 e. The molecule has 184 valence electrons. The zero-order valence-electron chi connectivity index (χ0n) is 20.5. The number of hydrogen-bond donors (Lipinski definition) is 3. The topological polar surface area (TPSA) is 101 Å². The predicted octanol–water partition coefficient (Wildman–Crippen LogP) is 6.43. The van der Waals surface area contributed by atoms with Crippen LogP contribution in [0.5, 0.6) is 5.75 Å². The lowest BCUT2D eigenvalue weighted by Gasteiger charge is -2.25. The summed E-state index contributed by atoms with van der Waals surface area (Å²) in [4.78, 5) is 26.0. The first-order valence-corrected chi connectivity index (χ1v) is 11.7. The van der Waals surface area contributed by atoms with E-state index in [1.54, 1.807) is 44.3 Å². The highest BCUT2D eigenvalue weighted by atomic mass is 35.5. The molecular formula is C27H27ClN6O2. The van der Waals surface area contributed by atoms with Crippen LogP contribution in [-0.2, 0) is 4.79 Å². The predicted molar refractivity (Wildman–Crippen MR) is 144 cm³/mol. The number of pyridine rings is 1. The summed E-state index contributed by atoms with van der Waals surface area (Å²) in [5, 5.41) is 9.98. The normalized spacial score (nSPS) is 11.0. The van der Waals surface area contributed by atoms with Gasteiger partial charge in [-0.15, -0.1) is 0 Å². The average molecular weight is 503 g/mol. The molecule has 2 aromatic carbocycles. The molecule has 0 saturated carbocycles. The van der Waals surface area contributed by atoms with Gasteiger partial charge in [0.15, 0.2) is 5.60 Å². The molecule has 3 N–H and O–H groups in total. The van der Waals surface area contributed by atoms with Crippen LogP contribution in [0.1, 0.15) is 25.2 Å². The summed E-state index contributed by atoms with van der Waals surface area (Å²) in [6.07, 6.45) is 1.75. The van der Waals surface area contributed by atoms with Crippen LogP contribution in [0, 0.1) is 13.8 Å². The number of carbonyl (C=O) groups excluding carboxylic acids is 1. The molecule has 0 fully saturated rings. The Kier molecular flexibility index (Phi) is 7.36. The summed E-state index contributed by atoms with van der Waals surface area (Å²) >= 11 is 5.92. The maximum atomic E-state index is 12.8. The van der Waals surface area contributed by atoms with Gasteiger partial charge in [-0.3, -0.25) is 4.79 Å². The molecule has 4 rings (SSSR count). The van der Waals surface area contributed by atoms with E-state index in [0.29, 0.717) is 39.7 Å². The standard InChI is InChI=1S/C27H27ClN6O2/c1-17-13-14-29-23(15-17)34-25-16-24(30-18(2)31-25)32-20-7-9-21(10-8-20)33-26(35)27(3,4)36-22-11-5-19(28)6-12-22/h5-16H,1-4H3,(H,33,35)(H2,29,30,31,32,34). The van der Waals surface area contributed by atoms with Crippen LogP contribution in [-0.4, -0.2) is 26.5 Å². The van der Waals surface area contributed by atoms with E-state index < -0.39 is 5.60 Å². The van der Waals surface area contributed by atoms with Crippen molar-refractivity contribution in [3.05, 3.63) is 89.3 Å². The zero-order chi connectivity index (χ0) is 25.7. The van der Waals surface area contributed by atoms with Gasteiger partial charge < -0.3 is 20.7 Å². The van der Waals surface area contributed by atoms with Crippen LogP contribution >= 0.6 is 11.6 Å². The molecule has 0 aliphatic rings. The number of rotatable bonds is 8. The minimum Gasteiger partial charge on any atom is -0.478 e. The van der Waals surface area contributed by atoms with Crippen LogP contribution < -0.4 is 20.7 Å². The molecule has 0 radical (unpaired) electrons. The van der Waals surface area contributed by atoms with Crippen molar-refractivity contribution in [3.8, 4) is 5.75 Å². The summed E-state index contributed by atoms with van der Waals surface area (Å²) in [7, 11) is 0. The molecule has 0 aliphatic heterocycles. The number of ether oxygens (including phenoxy) is 1. The molecule has 0 atom stereocenters. The van der Waals surface area contributed by atoms with E-state index in [-0.39, 0.29) is 5.91 Å². The SMILES string of the molecule is Cc1ccnc(Nc2cc(Nc3ccc(NC(=O)C(C)(C)Oc4ccc(Cl)cc4)cc3)nc(C)n2)c1. The molecule has 36 heavy (non-hydrogen) atoms. The third-order valence-electron chi connectivity index (χ3n) is 5.16. The van der Waals surface area contributed by atoms with Gasteiger partial charge in [0.25, 0.3) is 5.91 Å². The van der Waals surface area contributed by atoms with Crippen LogP contribution in [0.3, 0.4) is 0 Å². The van der Waals surface area contributed by atoms with Crippen molar-refractivity contribution in [2.45, 2.75) is 33.3 Å². The number of hydrogen-bond acceptors (Lipinski definition) is 7. The number of nitrogens with one attached hydrogen (secondary N) is 3. The molecule has 9 heteroatoms. The molecule has 2 aromatic heterocycles. The van der Waals surface area contributed by atoms with Crippen molar-refractivity contribution in [1.82, 2.24) is 15.0 Å². The lowest BCUT2D eigenvalue weighted by Crippen LogP contribution is -2.42. The average Bonchev–Trinajstić information content (AvgIpc) is 2.81. The highest BCUT2D eigenvalue weighted by molar-refractivity contribution is 6.30. The van der Waals surface area contributed by atoms with E-state index in [2.05, 4.69) is 30.9 Å². The lowest BCUT2D eigenvalue weighted by molar-refractivity contribution is -0.128. The number of aryl methyl sites for hydroxylation is 2. The van der Waals surface area contributed by atoms with Crippen molar-refractivity contribution in [3.63, 3.8) is 0 Å². The van der Waals surface area contributed by atoms with E-state index in [9.17, 15) is 4.79 Å². The molecule has 0 saturated heterocycles. The summed E-state index contributed by atoms with van der Waals surface area (Å²) in [5.41, 5.74) is 1.47. The second-order valence-corrected chi connectivity index (χ2v) is 9.19. The number of amides is 1. The maximum absolute atomic E-state index is 12.8. The van der Waals surface area contributed by atoms with Crippen molar-refractivity contribution in [2.75, 3.05) is 16.0 Å². The van der Waals surface area contributed by atoms with E-state index in [1.165, 1.54) is 0 Å². The molecular weight excluding hydrogens is 476 g/mol. The summed E-state index contributed by atoms with van der Waals surface area (Å²) in [6, 6.07) is 19.9. The smallest absolute Gasteiger partial charge is 0.267 e. The number of benzene rings is 2. The second-order valence-electron chi connectivity index (χ2n) is 8.75. The number of nitrogens with zero attached hydrogens (tertiary/aromatic N) is 3. The first-order valence-electron chi connectivity index (χ1n) is 11.3. The molecule has 0 unspecified atom stereocenters. The van der Waals surface area contributed by atoms with Gasteiger partial charge in [-0.1, -0.05) is 11.6 Å². The highest BCUT2D eigenvalue weighted by Crippen LogP contribution is 2.24. The molecule has 2 heterocycles. The van der Waals surface area contributed by atoms with Gasteiger partial charge in [-0.25, -0.2) is 15.0 Å². The quantitative estimate of drug-likeness (QED) is 0.255. The Morgan fingerprint density at radius 2 is 1.47 bits per heavy atom. The van der Waals surface area contributed by atoms with Gasteiger partial charge >= 0.3 is 0 Å². The minimum absolute atomic E-state index is 0.273. The van der Waals surface area contributed by atoms with Gasteiger partial charge in [0.2, 0.25) is 0 Å². The van der Waals surface area contributed by atoms with Crippen LogP contribution in [0.4, 0.5) is 28.8 Å². The van der Waals surface area contributed by atoms with Crippen molar-refractivity contribution in [1.29, 1.82) is 0 Å². The zero-order valence-corrected chi connectivity index (χ0v) is 21.2. The Morgan fingerprint density at radius 3 is 2.14 bits per heavy atom. The third-order valence-corrected chi connectivity index (χ3v) is 5.41. The minimum atomic E-state index is -1.08. The van der Waals surface area contributed by atoms with E-state index >= 15 is 0 Å². The van der Waals surface area contributed by atoms with Gasteiger partial charge in [-0.05, 0) is 93.9 Å². The second kappa shape index (κ2) is 10.6. The number of carbonyl (C=O) groups is 1. The van der Waals surface area contributed by atoms with E-state index in [0.717, 1.165) is 11.3 Å². The molecule has 0 bridgehead atoms. The fraction of sp³-hybridized carbons (Fsp3) is 0.185. The Morgan fingerprint density at radius 1 is 0.833 bits per heavy atom. The third kappa shape index (κ3) is 6.70. The van der Waals surface area contributed by atoms with Crippen molar-refractivity contribution in [2.24, 2.45) is 0 Å². The molecule has 0 spiro atoms. The number of aromatic nitrogens is 3. The molecule has 8 nitrogen and oxygen atoms in total. The van der Waals surface area contributed by atoms with Crippen molar-refractivity contribution >= 4 is 46.3 Å². The summed E-state index contributed by atoms with van der Waals surface area (Å²) in [5.74, 6) is 2.88. The highest BCUT2D eigenvalue weighted by Gasteiger charge is 2.30. The number of anilines is 5. The molecule has 4 aromatic rings. The Labute approximate surface area is 215 Å². The molecule has 1 amide bonds. The van der Waals surface area contributed by atoms with Gasteiger partial charge in [0, 0.05) is 28.7 Å². The maximum Gasteiger partial charge on any atom is 0.267 e. The summed E-state index contributed by atoms with van der Waals surface area (Å²) < 4.78 is 5.86. The van der Waals surface area contributed by atoms with Crippen molar-refractivity contribution < 1.29 is 9.53 Å². The fourth-order valence-electron chi connectivity index (χ4n) is 3.34. The Bertz CT molecular complexity index is 1360. The number of halogens is 1. The Balaban J connectivity index is 1.39. The van der Waals surface area contributed by atoms with E-state index in [1.807, 2.05) is 56.3 Å². The van der Waals surface area contributed by atoms with E-state index in [4.69, 9.17) is 16.3 Å². The van der Waals surface area contributed by atoms with Crippen LogP contribution in [0.15, 0.2) is 72.9 Å². The fourth-order valence-corrected chi connectivity index (χ4v) is 3.47. The van der Waals surface area contributed by atoms with Crippen LogP contribution in [0.2, 0.25) is 5.02 Å². The first kappa shape index (κ1) is 24.9. The van der Waals surface area contributed by atoms with Crippen LogP contribution in [0.25, 0.3) is 0 Å². The monoisotopic (exact) mass is 502 g/mol. The Hall–Kier alpha value is -4.17. The van der Waals surface area contributed by atoms with Gasteiger partial charge in [0.1, 0.15) is 29.0 Å². The van der Waals surface area contributed by atoms with Gasteiger partial charge in [-0.2, -0.15) is 0 Å². The first-order chi connectivity index (χ1) is 17.2. The molecule has 0 aliphatic carbocycles. The lowest BCUT2D eigenvalue weighted by atomic mass is 10.1.